The summed E-state index contributed by atoms with van der Waals surface area (Å²) in [4.78, 5) is 52.2. The zero-order valence-corrected chi connectivity index (χ0v) is 42.4. The van der Waals surface area contributed by atoms with Gasteiger partial charge in [-0.2, -0.15) is 17.5 Å². The first kappa shape index (κ1) is 57.6. The van der Waals surface area contributed by atoms with Crippen molar-refractivity contribution in [3.63, 3.8) is 0 Å². The first-order valence-corrected chi connectivity index (χ1v) is 25.1. The molecule has 3 aromatic heterocycles. The number of halogens is 3. The molecule has 1 fully saturated rings. The maximum absolute atomic E-state index is 14.6. The Hall–Kier alpha value is -6.25. The summed E-state index contributed by atoms with van der Waals surface area (Å²) in [7, 11) is -4.61. The minimum absolute atomic E-state index is 0.0130. The van der Waals surface area contributed by atoms with Gasteiger partial charge in [-0.1, -0.05) is 12.1 Å². The molecule has 1 N–H and O–H groups in total. The number of amides is 2. The topological polar surface area (TPSA) is 236 Å². The van der Waals surface area contributed by atoms with E-state index < -0.39 is 60.6 Å². The molecule has 0 spiro atoms. The van der Waals surface area contributed by atoms with Crippen LogP contribution in [0, 0.1) is 10.1 Å². The van der Waals surface area contributed by atoms with Crippen molar-refractivity contribution in [2.24, 2.45) is 0 Å². The number of aromatic nitrogens is 3. The number of rotatable bonds is 28. The lowest BCUT2D eigenvalue weighted by Crippen LogP contribution is -2.49. The number of carbonyl (C=O) groups is 2. The summed E-state index contributed by atoms with van der Waals surface area (Å²) in [5.41, 5.74) is -1.64. The highest BCUT2D eigenvalue weighted by Gasteiger charge is 2.40. The Labute approximate surface area is 422 Å². The minimum atomic E-state index is -4.94. The molecule has 21 nitrogen and oxygen atoms in total. The van der Waals surface area contributed by atoms with Crippen molar-refractivity contribution in [2.75, 3.05) is 110 Å². The average Bonchev–Trinajstić information content (AvgIpc) is 3.35. The Balaban J connectivity index is 1.27. The third kappa shape index (κ3) is 17.4. The number of alkyl carbamates (subject to hydrolysis) is 1. The third-order valence-electron chi connectivity index (χ3n) is 10.6. The first-order valence-electron chi connectivity index (χ1n) is 23.7. The predicted octanol–water partition coefficient (Wildman–Crippen LogP) is 6.40. The zero-order chi connectivity index (χ0) is 53.0. The van der Waals surface area contributed by atoms with E-state index in [0.29, 0.717) is 36.8 Å². The lowest BCUT2D eigenvalue weighted by molar-refractivity contribution is -0.387. The van der Waals surface area contributed by atoms with Crippen LogP contribution < -0.4 is 19.7 Å². The van der Waals surface area contributed by atoms with E-state index in [2.05, 4.69) is 15.3 Å². The van der Waals surface area contributed by atoms with Gasteiger partial charge in [0.2, 0.25) is 21.8 Å². The van der Waals surface area contributed by atoms with Crippen molar-refractivity contribution in [3.05, 3.63) is 93.9 Å². The SMILES string of the molecule is CCOc1ccc(C(=O)N2CCN(c3ccc(-c4cccnc4OCC)nc3CN(CCCOCCOCCOCCOCCNC(=O)OC(C)(C)C)S(=O)(=O)c3ccccc3[N+](=O)[O-])CC2)c(C(F)(F)F)n1. The minimum Gasteiger partial charge on any atom is -0.478 e. The molecule has 1 aliphatic heterocycles. The molecule has 0 atom stereocenters. The molecular weight excluding hydrogens is 986 g/mol. The number of nitro groups is 1. The number of sulfonamides is 1. The van der Waals surface area contributed by atoms with Crippen LogP contribution in [0.5, 0.6) is 11.8 Å². The van der Waals surface area contributed by atoms with E-state index in [1.807, 2.05) is 4.90 Å². The Morgan fingerprint density at radius 3 is 2.08 bits per heavy atom. The number of piperazine rings is 1. The maximum atomic E-state index is 14.6. The van der Waals surface area contributed by atoms with Crippen molar-refractivity contribution >= 4 is 33.4 Å². The van der Waals surface area contributed by atoms with Crippen molar-refractivity contribution in [3.8, 4) is 23.0 Å². The molecule has 0 unspecified atom stereocenters. The molecule has 73 heavy (non-hydrogen) atoms. The summed E-state index contributed by atoms with van der Waals surface area (Å²) in [6.07, 6.45) is -3.76. The number of benzene rings is 1. The lowest BCUT2D eigenvalue weighted by atomic mass is 10.1. The molecule has 5 rings (SSSR count). The van der Waals surface area contributed by atoms with E-state index in [-0.39, 0.29) is 116 Å². The molecule has 0 saturated carbocycles. The number of hydrogen-bond acceptors (Lipinski definition) is 17. The number of nitrogens with zero attached hydrogens (tertiary/aromatic N) is 7. The molecule has 0 aliphatic carbocycles. The number of hydrogen-bond donors (Lipinski definition) is 1. The number of anilines is 1. The Morgan fingerprint density at radius 1 is 0.808 bits per heavy atom. The van der Waals surface area contributed by atoms with Gasteiger partial charge >= 0.3 is 12.3 Å². The van der Waals surface area contributed by atoms with Crippen LogP contribution in [0.15, 0.2) is 71.8 Å². The quantitative estimate of drug-likeness (QED) is 0.0368. The molecule has 0 bridgehead atoms. The molecule has 1 aliphatic rings. The molecular formula is C48H63F3N8O13S. The zero-order valence-electron chi connectivity index (χ0n) is 41.6. The highest BCUT2D eigenvalue weighted by atomic mass is 32.2. The summed E-state index contributed by atoms with van der Waals surface area (Å²) < 4.78 is 111. The van der Waals surface area contributed by atoms with Crippen LogP contribution in [0.4, 0.5) is 29.3 Å². The van der Waals surface area contributed by atoms with Crippen LogP contribution in [-0.4, -0.2) is 160 Å². The van der Waals surface area contributed by atoms with Gasteiger partial charge in [-0.25, -0.2) is 28.2 Å². The van der Waals surface area contributed by atoms with Crippen LogP contribution in [0.2, 0.25) is 0 Å². The van der Waals surface area contributed by atoms with Gasteiger partial charge in [0.1, 0.15) is 5.60 Å². The largest absolute Gasteiger partial charge is 0.478 e. The van der Waals surface area contributed by atoms with Crippen molar-refractivity contribution < 1.29 is 69.3 Å². The lowest BCUT2D eigenvalue weighted by Gasteiger charge is -2.37. The number of nitro benzene ring substituents is 1. The number of para-hydroxylation sites is 1. The molecule has 0 radical (unpaired) electrons. The van der Waals surface area contributed by atoms with Crippen molar-refractivity contribution in [1.82, 2.24) is 29.5 Å². The van der Waals surface area contributed by atoms with Crippen LogP contribution >= 0.6 is 0 Å². The standard InChI is InChI=1S/C48H63F3N8O13S/c1-6-70-42-18-15-36(43(55-42)48(49,50)51)45(60)57-24-22-56(23-25-57)39-17-16-37(35-12-10-19-52-44(35)71-7-2)54-38(39)34-58(73(64,65)41-14-9-8-13-40(41)59(62)63)21-11-26-66-28-30-68-32-33-69-31-29-67-27-20-53-46(61)72-47(3,4)5/h8-10,12-19H,6-7,11,20-34H2,1-5H3,(H,53,61). The summed E-state index contributed by atoms with van der Waals surface area (Å²) in [6, 6.07) is 14.1. The van der Waals surface area contributed by atoms with Gasteiger partial charge in [0.05, 0.1) is 99.1 Å². The Kier molecular flexibility index (Phi) is 21.9. The number of nitrogens with one attached hydrogen (secondary N) is 1. The highest BCUT2D eigenvalue weighted by Crippen LogP contribution is 2.35. The van der Waals surface area contributed by atoms with E-state index in [0.717, 1.165) is 22.5 Å². The van der Waals surface area contributed by atoms with E-state index >= 15 is 0 Å². The van der Waals surface area contributed by atoms with Gasteiger partial charge in [-0.05, 0) is 77.4 Å². The second-order valence-corrected chi connectivity index (χ2v) is 18.9. The highest BCUT2D eigenvalue weighted by molar-refractivity contribution is 7.89. The molecule has 1 aromatic carbocycles. The maximum Gasteiger partial charge on any atom is 0.434 e. The fourth-order valence-electron chi connectivity index (χ4n) is 7.33. The Morgan fingerprint density at radius 2 is 1.45 bits per heavy atom. The summed E-state index contributed by atoms with van der Waals surface area (Å²) in [5.74, 6) is -0.865. The smallest absolute Gasteiger partial charge is 0.434 e. The van der Waals surface area contributed by atoms with Crippen molar-refractivity contribution in [2.45, 2.75) is 64.3 Å². The number of alkyl halides is 3. The molecule has 4 aromatic rings. The van der Waals surface area contributed by atoms with Crippen LogP contribution in [0.3, 0.4) is 0 Å². The molecule has 1 saturated heterocycles. The van der Waals surface area contributed by atoms with Crippen molar-refractivity contribution in [1.29, 1.82) is 0 Å². The summed E-state index contributed by atoms with van der Waals surface area (Å²) in [5, 5.41) is 14.8. The van der Waals surface area contributed by atoms with E-state index in [1.165, 1.54) is 23.1 Å². The van der Waals surface area contributed by atoms with Crippen LogP contribution in [-0.2, 0) is 46.4 Å². The van der Waals surface area contributed by atoms with Gasteiger partial charge in [-0.15, -0.1) is 0 Å². The van der Waals surface area contributed by atoms with Gasteiger partial charge in [-0.3, -0.25) is 14.9 Å². The van der Waals surface area contributed by atoms with Gasteiger partial charge in [0.15, 0.2) is 10.6 Å². The summed E-state index contributed by atoms with van der Waals surface area (Å²) in [6.45, 7) is 11.0. The number of carbonyl (C=O) groups excluding carboxylic acids is 2. The van der Waals surface area contributed by atoms with Gasteiger partial charge < -0.3 is 48.3 Å². The Bertz CT molecular complexity index is 2550. The first-order chi connectivity index (χ1) is 34.8. The van der Waals surface area contributed by atoms with E-state index in [4.69, 9.17) is 38.1 Å². The van der Waals surface area contributed by atoms with Crippen LogP contribution in [0.1, 0.15) is 62.8 Å². The van der Waals surface area contributed by atoms with Gasteiger partial charge in [0, 0.05) is 64.2 Å². The second kappa shape index (κ2) is 27.7. The van der Waals surface area contributed by atoms with Crippen LogP contribution in [0.25, 0.3) is 11.3 Å². The third-order valence-corrected chi connectivity index (χ3v) is 12.5. The fraction of sp³-hybridized carbons (Fsp3) is 0.521. The monoisotopic (exact) mass is 1050 g/mol. The number of pyridine rings is 3. The average molecular weight is 1050 g/mol. The summed E-state index contributed by atoms with van der Waals surface area (Å²) >= 11 is 0. The van der Waals surface area contributed by atoms with E-state index in [1.54, 1.807) is 65.1 Å². The number of ether oxygens (including phenoxy) is 7. The molecule has 400 valence electrons. The fourth-order valence-corrected chi connectivity index (χ4v) is 8.92. The van der Waals surface area contributed by atoms with E-state index in [9.17, 15) is 41.3 Å². The molecule has 25 heteroatoms. The predicted molar refractivity (Wildman–Crippen MR) is 260 cm³/mol. The second-order valence-electron chi connectivity index (χ2n) is 17.0. The molecule has 2 amide bonds. The molecule has 4 heterocycles. The van der Waals surface area contributed by atoms with Gasteiger partial charge in [0.25, 0.3) is 11.6 Å². The normalized spacial score (nSPS) is 13.3.